The van der Waals surface area contributed by atoms with Crippen molar-refractivity contribution in [2.75, 3.05) is 14.2 Å². The number of benzene rings is 1. The van der Waals surface area contributed by atoms with Gasteiger partial charge in [-0.1, -0.05) is 0 Å². The van der Waals surface area contributed by atoms with E-state index in [1.807, 2.05) is 0 Å². The Morgan fingerprint density at radius 3 is 2.24 bits per heavy atom. The normalized spacial score (nSPS) is 10.9. The van der Waals surface area contributed by atoms with Crippen LogP contribution in [-0.2, 0) is 20.5 Å². The molecule has 0 amide bonds. The second kappa shape index (κ2) is 6.38. The van der Waals surface area contributed by atoms with Gasteiger partial charge in [0.2, 0.25) is 5.78 Å². The lowest BCUT2D eigenvalue weighted by molar-refractivity contribution is -0.151. The van der Waals surface area contributed by atoms with E-state index in [9.17, 15) is 27.6 Å². The molecule has 0 aliphatic carbocycles. The summed E-state index contributed by atoms with van der Waals surface area (Å²) >= 11 is 0. The first-order valence-corrected chi connectivity index (χ1v) is 5.60. The number of rotatable bonds is 5. The molecule has 1 rings (SSSR count). The van der Waals surface area contributed by atoms with Gasteiger partial charge in [0.1, 0.15) is 5.75 Å². The number of methoxy groups -OCH3 is 2. The predicted molar refractivity (Wildman–Crippen MR) is 64.0 cm³/mol. The van der Waals surface area contributed by atoms with Gasteiger partial charge in [-0.2, -0.15) is 13.2 Å². The summed E-state index contributed by atoms with van der Waals surface area (Å²) in [5.74, 6) is -3.48. The highest BCUT2D eigenvalue weighted by atomic mass is 19.4. The van der Waals surface area contributed by atoms with E-state index >= 15 is 0 Å². The second-order valence-electron chi connectivity index (χ2n) is 3.93. The maximum absolute atomic E-state index is 12.6. The third-order valence-electron chi connectivity index (χ3n) is 2.56. The van der Waals surface area contributed by atoms with Crippen LogP contribution >= 0.6 is 0 Å². The monoisotopic (exact) mass is 304 g/mol. The predicted octanol–water partition coefficient (Wildman–Crippen LogP) is 2.03. The topological polar surface area (TPSA) is 69.7 Å². The summed E-state index contributed by atoms with van der Waals surface area (Å²) < 4.78 is 46.8. The van der Waals surface area contributed by atoms with Crippen molar-refractivity contribution in [3.05, 3.63) is 29.3 Å². The van der Waals surface area contributed by atoms with Crippen LogP contribution in [0, 0.1) is 0 Å². The van der Waals surface area contributed by atoms with Gasteiger partial charge in [-0.3, -0.25) is 9.59 Å². The van der Waals surface area contributed by atoms with Crippen molar-refractivity contribution in [2.24, 2.45) is 0 Å². The van der Waals surface area contributed by atoms with Crippen LogP contribution in [0.4, 0.5) is 13.2 Å². The molecule has 1 aromatic rings. The Balaban J connectivity index is 3.12. The zero-order valence-electron chi connectivity index (χ0n) is 11.1. The van der Waals surface area contributed by atoms with Gasteiger partial charge in [0, 0.05) is 0 Å². The molecule has 0 heterocycles. The minimum atomic E-state index is -4.65. The van der Waals surface area contributed by atoms with Crippen molar-refractivity contribution in [1.29, 1.82) is 0 Å². The summed E-state index contributed by atoms with van der Waals surface area (Å²) in [6.45, 7) is 0. The number of halogens is 3. The van der Waals surface area contributed by atoms with Crippen LogP contribution in [0.15, 0.2) is 18.2 Å². The fourth-order valence-electron chi connectivity index (χ4n) is 1.53. The SMILES string of the molecule is COC(=O)C(=O)CC(=O)c1cc(C(F)(F)F)ccc1OC. The van der Waals surface area contributed by atoms with E-state index in [1.165, 1.54) is 7.11 Å². The Hall–Kier alpha value is -2.38. The third-order valence-corrected chi connectivity index (χ3v) is 2.56. The van der Waals surface area contributed by atoms with E-state index in [0.717, 1.165) is 19.2 Å². The number of ketones is 2. The molecule has 8 heteroatoms. The molecule has 0 spiro atoms. The summed E-state index contributed by atoms with van der Waals surface area (Å²) in [6.07, 6.45) is -5.54. The van der Waals surface area contributed by atoms with Crippen LogP contribution in [0.5, 0.6) is 5.75 Å². The molecule has 0 saturated heterocycles. The van der Waals surface area contributed by atoms with Crippen LogP contribution in [0.1, 0.15) is 22.3 Å². The quantitative estimate of drug-likeness (QED) is 0.360. The van der Waals surface area contributed by atoms with Crippen molar-refractivity contribution < 1.29 is 37.0 Å². The van der Waals surface area contributed by atoms with Gasteiger partial charge < -0.3 is 9.47 Å². The highest BCUT2D eigenvalue weighted by Gasteiger charge is 2.32. The highest BCUT2D eigenvalue weighted by Crippen LogP contribution is 2.33. The molecule has 0 atom stereocenters. The van der Waals surface area contributed by atoms with Crippen molar-refractivity contribution in [3.63, 3.8) is 0 Å². The molecule has 0 fully saturated rings. The molecule has 1 aromatic carbocycles. The minimum Gasteiger partial charge on any atom is -0.496 e. The molecule has 0 radical (unpaired) electrons. The third kappa shape index (κ3) is 4.04. The Morgan fingerprint density at radius 2 is 1.76 bits per heavy atom. The lowest BCUT2D eigenvalue weighted by Crippen LogP contribution is -2.20. The standard InChI is InChI=1S/C13H11F3O5/c1-20-11-4-3-7(13(14,15)16)5-8(11)9(17)6-10(18)12(19)21-2/h3-5H,6H2,1-2H3. The number of hydrogen-bond acceptors (Lipinski definition) is 5. The number of alkyl halides is 3. The Morgan fingerprint density at radius 1 is 1.14 bits per heavy atom. The van der Waals surface area contributed by atoms with Gasteiger partial charge in [0.25, 0.3) is 0 Å². The molecule has 0 bridgehead atoms. The van der Waals surface area contributed by atoms with E-state index < -0.39 is 41.3 Å². The number of hydrogen-bond donors (Lipinski definition) is 0. The highest BCUT2D eigenvalue weighted by molar-refractivity contribution is 6.38. The maximum atomic E-state index is 12.6. The number of esters is 1. The molecule has 0 unspecified atom stereocenters. The Bertz CT molecular complexity index is 578. The zero-order valence-corrected chi connectivity index (χ0v) is 11.1. The molecule has 0 aliphatic heterocycles. The van der Waals surface area contributed by atoms with E-state index in [2.05, 4.69) is 4.74 Å². The summed E-state index contributed by atoms with van der Waals surface area (Å²) in [5.41, 5.74) is -1.48. The van der Waals surface area contributed by atoms with Crippen molar-refractivity contribution in [3.8, 4) is 5.75 Å². The number of ether oxygens (including phenoxy) is 2. The van der Waals surface area contributed by atoms with Gasteiger partial charge in [0.05, 0.1) is 31.8 Å². The van der Waals surface area contributed by atoms with Crippen LogP contribution in [-0.4, -0.2) is 31.8 Å². The van der Waals surface area contributed by atoms with Crippen molar-refractivity contribution >= 4 is 17.5 Å². The average Bonchev–Trinajstić information content (AvgIpc) is 2.44. The summed E-state index contributed by atoms with van der Waals surface area (Å²) in [7, 11) is 2.12. The molecule has 0 aromatic heterocycles. The Kier molecular flexibility index (Phi) is 5.07. The van der Waals surface area contributed by atoms with Crippen LogP contribution in [0.2, 0.25) is 0 Å². The van der Waals surface area contributed by atoms with Crippen molar-refractivity contribution in [1.82, 2.24) is 0 Å². The molecule has 21 heavy (non-hydrogen) atoms. The second-order valence-corrected chi connectivity index (χ2v) is 3.93. The maximum Gasteiger partial charge on any atom is 0.416 e. The van der Waals surface area contributed by atoms with Crippen LogP contribution in [0.3, 0.4) is 0 Å². The fourth-order valence-corrected chi connectivity index (χ4v) is 1.53. The van der Waals surface area contributed by atoms with Crippen LogP contribution in [0.25, 0.3) is 0 Å². The van der Waals surface area contributed by atoms with Gasteiger partial charge in [0.15, 0.2) is 5.78 Å². The van der Waals surface area contributed by atoms with E-state index in [1.54, 1.807) is 0 Å². The van der Waals surface area contributed by atoms with E-state index in [-0.39, 0.29) is 5.75 Å². The molecule has 0 saturated carbocycles. The average molecular weight is 304 g/mol. The van der Waals surface area contributed by atoms with Gasteiger partial charge >= 0.3 is 12.1 Å². The largest absolute Gasteiger partial charge is 0.496 e. The molecule has 5 nitrogen and oxygen atoms in total. The first-order valence-electron chi connectivity index (χ1n) is 5.60. The molecular weight excluding hydrogens is 293 g/mol. The first kappa shape index (κ1) is 16.7. The van der Waals surface area contributed by atoms with Gasteiger partial charge in [-0.15, -0.1) is 0 Å². The van der Waals surface area contributed by atoms with Crippen molar-refractivity contribution in [2.45, 2.75) is 12.6 Å². The first-order chi connectivity index (χ1) is 9.70. The van der Waals surface area contributed by atoms with Gasteiger partial charge in [-0.05, 0) is 18.2 Å². The summed E-state index contributed by atoms with van der Waals surface area (Å²) in [6, 6.07) is 2.29. The zero-order chi connectivity index (χ0) is 16.2. The number of carbonyl (C=O) groups is 3. The number of carbonyl (C=O) groups excluding carboxylic acids is 3. The molecule has 0 N–H and O–H groups in total. The summed E-state index contributed by atoms with van der Waals surface area (Å²) in [4.78, 5) is 34.1. The fraction of sp³-hybridized carbons (Fsp3) is 0.308. The Labute approximate surface area is 117 Å². The summed E-state index contributed by atoms with van der Waals surface area (Å²) in [5, 5.41) is 0. The minimum absolute atomic E-state index is 0.120. The smallest absolute Gasteiger partial charge is 0.416 e. The molecule has 114 valence electrons. The lowest BCUT2D eigenvalue weighted by Gasteiger charge is -2.11. The van der Waals surface area contributed by atoms with Gasteiger partial charge in [-0.25, -0.2) is 4.79 Å². The molecular formula is C13H11F3O5. The lowest BCUT2D eigenvalue weighted by atomic mass is 10.0. The van der Waals surface area contributed by atoms with E-state index in [4.69, 9.17) is 4.74 Å². The van der Waals surface area contributed by atoms with E-state index in [0.29, 0.717) is 6.07 Å². The number of Topliss-reactive ketones (excluding diaryl/α,β-unsaturated/α-hetero) is 2. The van der Waals surface area contributed by atoms with Crippen LogP contribution < -0.4 is 4.74 Å². The molecule has 0 aliphatic rings.